The van der Waals surface area contributed by atoms with Crippen molar-refractivity contribution in [2.45, 2.75) is 26.1 Å². The molecule has 70 valence electrons. The van der Waals surface area contributed by atoms with Gasteiger partial charge in [-0.15, -0.1) is 0 Å². The highest BCUT2D eigenvalue weighted by Gasteiger charge is 2.10. The molecule has 13 heavy (non-hydrogen) atoms. The summed E-state index contributed by atoms with van der Waals surface area (Å²) in [5.74, 6) is 0. The van der Waals surface area contributed by atoms with Crippen molar-refractivity contribution in [1.29, 1.82) is 0 Å². The van der Waals surface area contributed by atoms with Crippen LogP contribution < -0.4 is 5.32 Å². The van der Waals surface area contributed by atoms with E-state index in [1.54, 1.807) is 6.92 Å². The molecule has 1 aromatic carbocycles. The first-order chi connectivity index (χ1) is 6.27. The van der Waals surface area contributed by atoms with Gasteiger partial charge in [0, 0.05) is 6.54 Å². The molecule has 2 heteroatoms. The minimum atomic E-state index is -0.847. The highest BCUT2D eigenvalue weighted by Crippen LogP contribution is 2.21. The van der Waals surface area contributed by atoms with Gasteiger partial charge in [-0.3, -0.25) is 0 Å². The standard InChI is InChI=1S/C11H14FN/c1-8(12)9-2-3-11-7-13-5-4-10(11)6-9/h2-3,6,8,13H,4-5,7H2,1H3. The number of halogens is 1. The Kier molecular flexibility index (Phi) is 2.32. The zero-order valence-electron chi connectivity index (χ0n) is 7.81. The summed E-state index contributed by atoms with van der Waals surface area (Å²) < 4.78 is 13.0. The number of alkyl halides is 1. The van der Waals surface area contributed by atoms with E-state index in [1.807, 2.05) is 18.2 Å². The van der Waals surface area contributed by atoms with Gasteiger partial charge in [-0.05, 0) is 36.6 Å². The molecule has 0 aliphatic carbocycles. The molecule has 0 amide bonds. The van der Waals surface area contributed by atoms with E-state index >= 15 is 0 Å². The molecule has 0 spiro atoms. The molecule has 1 N–H and O–H groups in total. The van der Waals surface area contributed by atoms with Crippen LogP contribution in [0.25, 0.3) is 0 Å². The van der Waals surface area contributed by atoms with E-state index in [1.165, 1.54) is 11.1 Å². The molecule has 0 saturated heterocycles. The summed E-state index contributed by atoms with van der Waals surface area (Å²) in [5.41, 5.74) is 3.43. The average molecular weight is 179 g/mol. The van der Waals surface area contributed by atoms with Gasteiger partial charge in [-0.1, -0.05) is 18.2 Å². The second kappa shape index (κ2) is 3.46. The second-order valence-electron chi connectivity index (χ2n) is 3.57. The van der Waals surface area contributed by atoms with Crippen molar-refractivity contribution in [2.24, 2.45) is 0 Å². The summed E-state index contributed by atoms with van der Waals surface area (Å²) >= 11 is 0. The maximum Gasteiger partial charge on any atom is 0.122 e. The van der Waals surface area contributed by atoms with Gasteiger partial charge >= 0.3 is 0 Å². The SMILES string of the molecule is CC(F)c1ccc2c(c1)CCNC2. The van der Waals surface area contributed by atoms with E-state index in [4.69, 9.17) is 0 Å². The Labute approximate surface area is 78.0 Å². The van der Waals surface area contributed by atoms with Gasteiger partial charge in [0.05, 0.1) is 0 Å². The Hall–Kier alpha value is -0.890. The van der Waals surface area contributed by atoms with Crippen LogP contribution in [0.2, 0.25) is 0 Å². The zero-order chi connectivity index (χ0) is 9.26. The van der Waals surface area contributed by atoms with Gasteiger partial charge in [0.2, 0.25) is 0 Å². The van der Waals surface area contributed by atoms with Gasteiger partial charge in [0.15, 0.2) is 0 Å². The number of hydrogen-bond acceptors (Lipinski definition) is 1. The third-order valence-corrected chi connectivity index (χ3v) is 2.58. The first-order valence-corrected chi connectivity index (χ1v) is 4.74. The molecule has 1 atom stereocenters. The van der Waals surface area contributed by atoms with E-state index in [2.05, 4.69) is 5.32 Å². The number of nitrogens with one attached hydrogen (secondary N) is 1. The maximum atomic E-state index is 13.0. The fraction of sp³-hybridized carbons (Fsp3) is 0.455. The fourth-order valence-corrected chi connectivity index (χ4v) is 1.74. The number of hydrogen-bond donors (Lipinski definition) is 1. The Bertz CT molecular complexity index is 307. The largest absolute Gasteiger partial charge is 0.312 e. The summed E-state index contributed by atoms with van der Waals surface area (Å²) in [6.07, 6.45) is 0.177. The van der Waals surface area contributed by atoms with Gasteiger partial charge in [-0.25, -0.2) is 4.39 Å². The average Bonchev–Trinajstić information content (AvgIpc) is 2.17. The van der Waals surface area contributed by atoms with E-state index in [-0.39, 0.29) is 0 Å². The molecular formula is C11H14FN. The first-order valence-electron chi connectivity index (χ1n) is 4.74. The van der Waals surface area contributed by atoms with Gasteiger partial charge < -0.3 is 5.32 Å². The van der Waals surface area contributed by atoms with E-state index in [0.717, 1.165) is 25.1 Å². The minimum absolute atomic E-state index is 0.806. The molecular weight excluding hydrogens is 165 g/mol. The molecule has 0 bridgehead atoms. The summed E-state index contributed by atoms with van der Waals surface area (Å²) in [6.45, 7) is 3.52. The zero-order valence-corrected chi connectivity index (χ0v) is 7.81. The summed E-state index contributed by atoms with van der Waals surface area (Å²) in [6, 6.07) is 5.92. The molecule has 1 aliphatic heterocycles. The van der Waals surface area contributed by atoms with Crippen molar-refractivity contribution in [3.8, 4) is 0 Å². The summed E-state index contributed by atoms with van der Waals surface area (Å²) in [7, 11) is 0. The molecule has 2 rings (SSSR count). The second-order valence-corrected chi connectivity index (χ2v) is 3.57. The highest BCUT2D eigenvalue weighted by atomic mass is 19.1. The monoisotopic (exact) mass is 179 g/mol. The van der Waals surface area contributed by atoms with Crippen molar-refractivity contribution in [2.75, 3.05) is 6.54 Å². The van der Waals surface area contributed by atoms with Crippen LogP contribution in [0.4, 0.5) is 4.39 Å². The molecule has 1 nitrogen and oxygen atoms in total. The molecule has 0 saturated carbocycles. The highest BCUT2D eigenvalue weighted by molar-refractivity contribution is 5.34. The summed E-state index contributed by atoms with van der Waals surface area (Å²) in [4.78, 5) is 0. The van der Waals surface area contributed by atoms with Crippen LogP contribution >= 0.6 is 0 Å². The fourth-order valence-electron chi connectivity index (χ4n) is 1.74. The lowest BCUT2D eigenvalue weighted by Crippen LogP contribution is -2.23. The van der Waals surface area contributed by atoms with E-state index in [0.29, 0.717) is 0 Å². The summed E-state index contributed by atoms with van der Waals surface area (Å²) in [5, 5.41) is 3.30. The van der Waals surface area contributed by atoms with Gasteiger partial charge in [0.25, 0.3) is 0 Å². The van der Waals surface area contributed by atoms with Gasteiger partial charge in [-0.2, -0.15) is 0 Å². The Morgan fingerprint density at radius 2 is 2.23 bits per heavy atom. The van der Waals surface area contributed by atoms with Crippen molar-refractivity contribution in [1.82, 2.24) is 5.32 Å². The smallest absolute Gasteiger partial charge is 0.122 e. The van der Waals surface area contributed by atoms with Crippen LogP contribution in [0.3, 0.4) is 0 Å². The predicted octanol–water partition coefficient (Wildman–Crippen LogP) is 2.36. The third kappa shape index (κ3) is 1.73. The molecule has 0 radical (unpaired) electrons. The quantitative estimate of drug-likeness (QED) is 0.697. The molecule has 0 aromatic heterocycles. The normalized spacial score (nSPS) is 18.0. The van der Waals surface area contributed by atoms with E-state index in [9.17, 15) is 4.39 Å². The molecule has 1 aromatic rings. The number of rotatable bonds is 1. The first kappa shape index (κ1) is 8.70. The van der Waals surface area contributed by atoms with Crippen molar-refractivity contribution in [3.63, 3.8) is 0 Å². The molecule has 1 unspecified atom stereocenters. The van der Waals surface area contributed by atoms with Crippen molar-refractivity contribution < 1.29 is 4.39 Å². The van der Waals surface area contributed by atoms with Crippen LogP contribution in [-0.4, -0.2) is 6.54 Å². The van der Waals surface area contributed by atoms with Gasteiger partial charge in [0.1, 0.15) is 6.17 Å². The Morgan fingerprint density at radius 1 is 1.38 bits per heavy atom. The lowest BCUT2D eigenvalue weighted by molar-refractivity contribution is 0.373. The molecule has 1 heterocycles. The topological polar surface area (TPSA) is 12.0 Å². The van der Waals surface area contributed by atoms with Crippen LogP contribution in [0.15, 0.2) is 18.2 Å². The van der Waals surface area contributed by atoms with Crippen LogP contribution in [0.1, 0.15) is 29.8 Å². The van der Waals surface area contributed by atoms with Crippen molar-refractivity contribution in [3.05, 3.63) is 34.9 Å². The number of fused-ring (bicyclic) bond motifs is 1. The van der Waals surface area contributed by atoms with Crippen LogP contribution in [0, 0.1) is 0 Å². The lowest BCUT2D eigenvalue weighted by atomic mass is 9.97. The van der Waals surface area contributed by atoms with Crippen LogP contribution in [-0.2, 0) is 13.0 Å². The third-order valence-electron chi connectivity index (χ3n) is 2.58. The Balaban J connectivity index is 2.35. The van der Waals surface area contributed by atoms with Crippen molar-refractivity contribution >= 4 is 0 Å². The molecule has 1 aliphatic rings. The Morgan fingerprint density at radius 3 is 3.00 bits per heavy atom. The molecule has 0 fully saturated rings. The number of benzene rings is 1. The lowest BCUT2D eigenvalue weighted by Gasteiger charge is -2.18. The maximum absolute atomic E-state index is 13.0. The minimum Gasteiger partial charge on any atom is -0.312 e. The van der Waals surface area contributed by atoms with Crippen LogP contribution in [0.5, 0.6) is 0 Å². The van der Waals surface area contributed by atoms with E-state index < -0.39 is 6.17 Å². The predicted molar refractivity (Wildman–Crippen MR) is 51.4 cm³/mol.